The summed E-state index contributed by atoms with van der Waals surface area (Å²) in [7, 11) is 0. The molecule has 2 N–H and O–H groups in total. The Morgan fingerprint density at radius 3 is 2.42 bits per heavy atom. The van der Waals surface area contributed by atoms with Gasteiger partial charge in [-0.25, -0.2) is 0 Å². The standard InChI is InChI=1S/C23H26Cl2F2N2O4/c1-12(2)21(28)22(30)32-19(8-15-16(24)9-29-10-17(15)25)14-5-6-18(33-23(26)27)20(7-14)31-11-13-3-4-13/h5-7,9-10,12-13,19,21,23H,3-4,8,11,28H2,1-2H3/t19-,21-/m0/s1. The molecule has 0 saturated heterocycles. The lowest BCUT2D eigenvalue weighted by molar-refractivity contribution is -0.152. The van der Waals surface area contributed by atoms with Gasteiger partial charge in [0.15, 0.2) is 11.5 Å². The van der Waals surface area contributed by atoms with E-state index in [1.807, 2.05) is 0 Å². The largest absolute Gasteiger partial charge is 0.489 e. The maximum Gasteiger partial charge on any atom is 0.387 e. The van der Waals surface area contributed by atoms with Gasteiger partial charge >= 0.3 is 12.6 Å². The molecule has 1 aliphatic rings. The second-order valence-corrected chi connectivity index (χ2v) is 9.13. The number of pyridine rings is 1. The number of hydrogen-bond acceptors (Lipinski definition) is 6. The molecule has 0 aliphatic heterocycles. The van der Waals surface area contributed by atoms with Crippen LogP contribution in [0.5, 0.6) is 11.5 Å². The van der Waals surface area contributed by atoms with Crippen LogP contribution >= 0.6 is 23.2 Å². The van der Waals surface area contributed by atoms with Gasteiger partial charge in [-0.1, -0.05) is 43.1 Å². The Morgan fingerprint density at radius 2 is 1.85 bits per heavy atom. The molecule has 0 unspecified atom stereocenters. The van der Waals surface area contributed by atoms with E-state index in [9.17, 15) is 13.6 Å². The van der Waals surface area contributed by atoms with Gasteiger partial charge in [-0.15, -0.1) is 0 Å². The molecule has 2 aromatic rings. The summed E-state index contributed by atoms with van der Waals surface area (Å²) in [5.41, 5.74) is 6.99. The molecule has 3 rings (SSSR count). The fourth-order valence-electron chi connectivity index (χ4n) is 3.06. The highest BCUT2D eigenvalue weighted by molar-refractivity contribution is 6.35. The first kappa shape index (κ1) is 25.5. The van der Waals surface area contributed by atoms with Crippen molar-refractivity contribution >= 4 is 29.2 Å². The molecule has 180 valence electrons. The van der Waals surface area contributed by atoms with Gasteiger partial charge in [0, 0.05) is 18.8 Å². The van der Waals surface area contributed by atoms with Crippen molar-refractivity contribution in [3.05, 3.63) is 51.8 Å². The Bertz CT molecular complexity index is 953. The lowest BCUT2D eigenvalue weighted by Crippen LogP contribution is -2.38. The first-order valence-corrected chi connectivity index (χ1v) is 11.4. The third-order valence-corrected chi connectivity index (χ3v) is 5.97. The van der Waals surface area contributed by atoms with Crippen LogP contribution in [0.4, 0.5) is 8.78 Å². The van der Waals surface area contributed by atoms with E-state index in [-0.39, 0.29) is 23.8 Å². The summed E-state index contributed by atoms with van der Waals surface area (Å²) < 4.78 is 41.9. The third-order valence-electron chi connectivity index (χ3n) is 5.32. The molecule has 1 aliphatic carbocycles. The number of carbonyl (C=O) groups excluding carboxylic acids is 1. The summed E-state index contributed by atoms with van der Waals surface area (Å²) in [5, 5.41) is 0.610. The lowest BCUT2D eigenvalue weighted by atomic mass is 10.0. The minimum atomic E-state index is -3.01. The number of rotatable bonds is 11. The van der Waals surface area contributed by atoms with Gasteiger partial charge in [0.1, 0.15) is 12.1 Å². The monoisotopic (exact) mass is 502 g/mol. The van der Waals surface area contributed by atoms with Crippen LogP contribution in [0.1, 0.15) is 43.9 Å². The summed E-state index contributed by atoms with van der Waals surface area (Å²) in [6, 6.07) is 3.58. The Morgan fingerprint density at radius 1 is 1.18 bits per heavy atom. The zero-order valence-corrected chi connectivity index (χ0v) is 19.8. The van der Waals surface area contributed by atoms with Crippen LogP contribution < -0.4 is 15.2 Å². The maximum absolute atomic E-state index is 12.9. The highest BCUT2D eigenvalue weighted by Crippen LogP contribution is 2.38. The summed E-state index contributed by atoms with van der Waals surface area (Å²) in [6.07, 6.45) is 4.18. The Hall–Kier alpha value is -2.16. The van der Waals surface area contributed by atoms with Crippen LogP contribution in [0, 0.1) is 11.8 Å². The average molecular weight is 503 g/mol. The minimum Gasteiger partial charge on any atom is -0.489 e. The molecular formula is C23H26Cl2F2N2O4. The van der Waals surface area contributed by atoms with E-state index in [2.05, 4.69) is 9.72 Å². The molecule has 6 nitrogen and oxygen atoms in total. The topological polar surface area (TPSA) is 83.7 Å². The second kappa shape index (κ2) is 11.3. The highest BCUT2D eigenvalue weighted by atomic mass is 35.5. The van der Waals surface area contributed by atoms with E-state index in [4.69, 9.17) is 38.4 Å². The van der Waals surface area contributed by atoms with Gasteiger partial charge in [-0.05, 0) is 47.9 Å². The number of alkyl halides is 2. The van der Waals surface area contributed by atoms with Crippen molar-refractivity contribution in [2.24, 2.45) is 17.6 Å². The van der Waals surface area contributed by atoms with Crippen LogP contribution in [-0.2, 0) is 16.0 Å². The van der Waals surface area contributed by atoms with E-state index >= 15 is 0 Å². The van der Waals surface area contributed by atoms with Crippen LogP contribution in [0.25, 0.3) is 0 Å². The van der Waals surface area contributed by atoms with Crippen molar-refractivity contribution in [1.82, 2.24) is 4.98 Å². The van der Waals surface area contributed by atoms with E-state index in [0.29, 0.717) is 33.7 Å². The highest BCUT2D eigenvalue weighted by Gasteiger charge is 2.28. The average Bonchev–Trinajstić information content (AvgIpc) is 3.58. The Labute approximate surface area is 201 Å². The number of esters is 1. The van der Waals surface area contributed by atoms with Crippen LogP contribution in [0.3, 0.4) is 0 Å². The molecule has 1 heterocycles. The molecular weight excluding hydrogens is 477 g/mol. The number of aromatic nitrogens is 1. The van der Waals surface area contributed by atoms with Crippen LogP contribution in [0.15, 0.2) is 30.6 Å². The van der Waals surface area contributed by atoms with Crippen molar-refractivity contribution < 1.29 is 27.8 Å². The van der Waals surface area contributed by atoms with Crippen molar-refractivity contribution in [3.8, 4) is 11.5 Å². The van der Waals surface area contributed by atoms with Gasteiger partial charge in [-0.2, -0.15) is 8.78 Å². The van der Waals surface area contributed by atoms with Crippen molar-refractivity contribution in [1.29, 1.82) is 0 Å². The summed E-state index contributed by atoms with van der Waals surface area (Å²) in [6.45, 7) is 0.981. The number of carbonyl (C=O) groups is 1. The summed E-state index contributed by atoms with van der Waals surface area (Å²) in [5.74, 6) is -0.325. The molecule has 2 atom stereocenters. The number of ether oxygens (including phenoxy) is 3. The van der Waals surface area contributed by atoms with E-state index < -0.39 is 24.7 Å². The molecule has 0 bridgehead atoms. The predicted octanol–water partition coefficient (Wildman–Crippen LogP) is 5.59. The normalized spacial score (nSPS) is 15.4. The number of nitrogens with zero attached hydrogens (tertiary/aromatic N) is 1. The smallest absolute Gasteiger partial charge is 0.387 e. The quantitative estimate of drug-likeness (QED) is 0.403. The third kappa shape index (κ3) is 7.16. The number of nitrogens with two attached hydrogens (primary N) is 1. The van der Waals surface area contributed by atoms with Crippen molar-refractivity contribution in [3.63, 3.8) is 0 Å². The lowest BCUT2D eigenvalue weighted by Gasteiger charge is -2.24. The minimum absolute atomic E-state index is 0.0988. The summed E-state index contributed by atoms with van der Waals surface area (Å²) >= 11 is 12.6. The summed E-state index contributed by atoms with van der Waals surface area (Å²) in [4.78, 5) is 16.6. The fourth-order valence-corrected chi connectivity index (χ4v) is 3.58. The van der Waals surface area contributed by atoms with Crippen molar-refractivity contribution in [2.45, 2.75) is 51.9 Å². The number of benzene rings is 1. The van der Waals surface area contributed by atoms with Gasteiger partial charge in [0.25, 0.3) is 0 Å². The van der Waals surface area contributed by atoms with Gasteiger partial charge in [-0.3, -0.25) is 9.78 Å². The molecule has 1 aromatic heterocycles. The molecule has 1 fully saturated rings. The molecule has 0 radical (unpaired) electrons. The molecule has 0 amide bonds. The first-order valence-electron chi connectivity index (χ1n) is 10.6. The molecule has 1 aromatic carbocycles. The van der Waals surface area contributed by atoms with Crippen molar-refractivity contribution in [2.75, 3.05) is 6.61 Å². The zero-order chi connectivity index (χ0) is 24.1. The Kier molecular flexibility index (Phi) is 8.73. The predicted molar refractivity (Wildman–Crippen MR) is 121 cm³/mol. The molecule has 1 saturated carbocycles. The van der Waals surface area contributed by atoms with Gasteiger partial charge in [0.2, 0.25) is 0 Å². The first-order chi connectivity index (χ1) is 15.7. The van der Waals surface area contributed by atoms with Crippen LogP contribution in [0.2, 0.25) is 10.0 Å². The van der Waals surface area contributed by atoms with Gasteiger partial charge < -0.3 is 19.9 Å². The van der Waals surface area contributed by atoms with Gasteiger partial charge in [0.05, 0.1) is 16.7 Å². The maximum atomic E-state index is 12.9. The number of hydrogen-bond donors (Lipinski definition) is 1. The van der Waals surface area contributed by atoms with Crippen LogP contribution in [-0.4, -0.2) is 30.2 Å². The SMILES string of the molecule is CC(C)[C@H](N)C(=O)O[C@@H](Cc1c(Cl)cncc1Cl)c1ccc(OC(F)F)c(OCC2CC2)c1. The molecule has 10 heteroatoms. The molecule has 0 spiro atoms. The molecule has 33 heavy (non-hydrogen) atoms. The fraction of sp³-hybridized carbons (Fsp3) is 0.478. The van der Waals surface area contributed by atoms with E-state index in [0.717, 1.165) is 12.8 Å². The second-order valence-electron chi connectivity index (χ2n) is 8.32. The van der Waals surface area contributed by atoms with E-state index in [1.165, 1.54) is 30.6 Å². The number of halogens is 4. The zero-order valence-electron chi connectivity index (χ0n) is 18.3. The Balaban J connectivity index is 1.95. The van der Waals surface area contributed by atoms with E-state index in [1.54, 1.807) is 13.8 Å².